The second kappa shape index (κ2) is 11.1. The molecule has 0 aliphatic rings. The van der Waals surface area contributed by atoms with E-state index in [4.69, 9.17) is 4.74 Å². The SMILES string of the molecule is CC(C)N(C(=O)COC(=O)C[C@@H](NC(=O)c1ccccc1)c1ccccc1)C(C)C. The van der Waals surface area contributed by atoms with E-state index in [0.717, 1.165) is 5.56 Å². The quantitative estimate of drug-likeness (QED) is 0.639. The predicted molar refractivity (Wildman–Crippen MR) is 116 cm³/mol. The summed E-state index contributed by atoms with van der Waals surface area (Å²) in [6.45, 7) is 7.37. The average molecular weight is 411 g/mol. The third kappa shape index (κ3) is 6.72. The van der Waals surface area contributed by atoms with Crippen LogP contribution in [0.15, 0.2) is 60.7 Å². The summed E-state index contributed by atoms with van der Waals surface area (Å²) in [5.41, 5.74) is 1.29. The molecule has 30 heavy (non-hydrogen) atoms. The Morgan fingerprint density at radius 3 is 1.93 bits per heavy atom. The molecular formula is C24H30N2O4. The summed E-state index contributed by atoms with van der Waals surface area (Å²) >= 11 is 0. The number of benzene rings is 2. The molecule has 0 spiro atoms. The predicted octanol–water partition coefficient (Wildman–Crippen LogP) is 3.74. The zero-order valence-corrected chi connectivity index (χ0v) is 18.0. The Morgan fingerprint density at radius 1 is 0.867 bits per heavy atom. The van der Waals surface area contributed by atoms with Gasteiger partial charge in [-0.3, -0.25) is 14.4 Å². The highest BCUT2D eigenvalue weighted by Gasteiger charge is 2.24. The zero-order valence-electron chi connectivity index (χ0n) is 18.0. The third-order valence-electron chi connectivity index (χ3n) is 4.67. The number of esters is 1. The van der Waals surface area contributed by atoms with Crippen molar-refractivity contribution in [3.8, 4) is 0 Å². The van der Waals surface area contributed by atoms with Gasteiger partial charge in [-0.2, -0.15) is 0 Å². The molecule has 0 saturated carbocycles. The van der Waals surface area contributed by atoms with Crippen molar-refractivity contribution in [3.05, 3.63) is 71.8 Å². The van der Waals surface area contributed by atoms with E-state index in [1.165, 1.54) is 0 Å². The van der Waals surface area contributed by atoms with Crippen molar-refractivity contribution < 1.29 is 19.1 Å². The summed E-state index contributed by atoms with van der Waals surface area (Å²) in [5, 5.41) is 2.89. The number of hydrogen-bond acceptors (Lipinski definition) is 4. The number of rotatable bonds is 9. The van der Waals surface area contributed by atoms with E-state index < -0.39 is 12.0 Å². The van der Waals surface area contributed by atoms with Crippen LogP contribution in [0.4, 0.5) is 0 Å². The van der Waals surface area contributed by atoms with Crippen LogP contribution in [0.5, 0.6) is 0 Å². The maximum absolute atomic E-state index is 12.6. The number of amides is 2. The van der Waals surface area contributed by atoms with Gasteiger partial charge >= 0.3 is 5.97 Å². The Bertz CT molecular complexity index is 827. The first-order valence-electron chi connectivity index (χ1n) is 10.2. The molecule has 2 rings (SSSR count). The molecule has 0 heterocycles. The number of hydrogen-bond donors (Lipinski definition) is 1. The second-order valence-corrected chi connectivity index (χ2v) is 7.66. The molecule has 6 nitrogen and oxygen atoms in total. The Kier molecular flexibility index (Phi) is 8.59. The normalized spacial score (nSPS) is 11.8. The maximum atomic E-state index is 12.6. The number of nitrogens with zero attached hydrogens (tertiary/aromatic N) is 1. The Labute approximate surface area is 178 Å². The lowest BCUT2D eigenvalue weighted by Crippen LogP contribution is -2.44. The van der Waals surface area contributed by atoms with Gasteiger partial charge in [0.15, 0.2) is 6.61 Å². The van der Waals surface area contributed by atoms with Crippen molar-refractivity contribution >= 4 is 17.8 Å². The first kappa shape index (κ1) is 23.1. The fourth-order valence-electron chi connectivity index (χ4n) is 3.38. The van der Waals surface area contributed by atoms with E-state index in [-0.39, 0.29) is 36.9 Å². The molecule has 0 fully saturated rings. The lowest BCUT2D eigenvalue weighted by Gasteiger charge is -2.30. The van der Waals surface area contributed by atoms with Crippen LogP contribution >= 0.6 is 0 Å². The Balaban J connectivity index is 2.04. The summed E-state index contributed by atoms with van der Waals surface area (Å²) < 4.78 is 5.24. The van der Waals surface area contributed by atoms with E-state index in [0.29, 0.717) is 5.56 Å². The van der Waals surface area contributed by atoms with E-state index in [1.807, 2.05) is 64.1 Å². The molecule has 160 valence electrons. The summed E-state index contributed by atoms with van der Waals surface area (Å²) in [7, 11) is 0. The summed E-state index contributed by atoms with van der Waals surface area (Å²) in [5.74, 6) is -1.06. The van der Waals surface area contributed by atoms with Gasteiger partial charge in [0.25, 0.3) is 11.8 Å². The monoisotopic (exact) mass is 410 g/mol. The molecule has 0 aliphatic carbocycles. The van der Waals surface area contributed by atoms with Gasteiger partial charge in [-0.25, -0.2) is 0 Å². The lowest BCUT2D eigenvalue weighted by atomic mass is 10.0. The zero-order chi connectivity index (χ0) is 22.1. The highest BCUT2D eigenvalue weighted by atomic mass is 16.5. The van der Waals surface area contributed by atoms with E-state index in [9.17, 15) is 14.4 Å². The number of carbonyl (C=O) groups excluding carboxylic acids is 3. The van der Waals surface area contributed by atoms with Crippen molar-refractivity contribution in [2.75, 3.05) is 6.61 Å². The molecular weight excluding hydrogens is 380 g/mol. The van der Waals surface area contributed by atoms with Crippen LogP contribution in [0.25, 0.3) is 0 Å². The van der Waals surface area contributed by atoms with Crippen LogP contribution in [-0.2, 0) is 14.3 Å². The average Bonchev–Trinajstić information content (AvgIpc) is 2.72. The van der Waals surface area contributed by atoms with Gasteiger partial charge < -0.3 is 15.0 Å². The summed E-state index contributed by atoms with van der Waals surface area (Å²) in [4.78, 5) is 39.2. The van der Waals surface area contributed by atoms with Gasteiger partial charge in [0.1, 0.15) is 0 Å². The standard InChI is InChI=1S/C24H30N2O4/c1-17(2)26(18(3)4)22(27)16-30-23(28)15-21(19-11-7-5-8-12-19)25-24(29)20-13-9-6-10-14-20/h5-14,17-18,21H,15-16H2,1-4H3,(H,25,29)/t21-/m1/s1. The van der Waals surface area contributed by atoms with Crippen LogP contribution in [0.1, 0.15) is 56.1 Å². The molecule has 2 aromatic carbocycles. The Morgan fingerprint density at radius 2 is 1.40 bits per heavy atom. The highest BCUT2D eigenvalue weighted by Crippen LogP contribution is 2.18. The van der Waals surface area contributed by atoms with Gasteiger partial charge in [0.2, 0.25) is 0 Å². The van der Waals surface area contributed by atoms with Crippen molar-refractivity contribution in [2.24, 2.45) is 0 Å². The Hall–Kier alpha value is -3.15. The lowest BCUT2D eigenvalue weighted by molar-refractivity contribution is -0.154. The first-order chi connectivity index (χ1) is 14.3. The molecule has 6 heteroatoms. The molecule has 2 aromatic rings. The minimum absolute atomic E-state index is 0.0124. The van der Waals surface area contributed by atoms with Gasteiger partial charge in [0.05, 0.1) is 12.5 Å². The van der Waals surface area contributed by atoms with Gasteiger partial charge in [0, 0.05) is 17.6 Å². The molecule has 0 aliphatic heterocycles. The maximum Gasteiger partial charge on any atom is 0.308 e. The summed E-state index contributed by atoms with van der Waals surface area (Å²) in [6, 6.07) is 17.5. The van der Waals surface area contributed by atoms with E-state index in [1.54, 1.807) is 29.2 Å². The minimum Gasteiger partial charge on any atom is -0.455 e. The van der Waals surface area contributed by atoms with E-state index >= 15 is 0 Å². The molecule has 1 atom stereocenters. The number of nitrogens with one attached hydrogen (secondary N) is 1. The summed E-state index contributed by atoms with van der Waals surface area (Å²) in [6.07, 6.45) is -0.0702. The second-order valence-electron chi connectivity index (χ2n) is 7.66. The third-order valence-corrected chi connectivity index (χ3v) is 4.67. The smallest absolute Gasteiger partial charge is 0.308 e. The van der Waals surface area contributed by atoms with Crippen LogP contribution in [-0.4, -0.2) is 41.4 Å². The number of ether oxygens (including phenoxy) is 1. The van der Waals surface area contributed by atoms with Crippen molar-refractivity contribution in [1.29, 1.82) is 0 Å². The molecule has 0 unspecified atom stereocenters. The van der Waals surface area contributed by atoms with Crippen molar-refractivity contribution in [3.63, 3.8) is 0 Å². The molecule has 0 aromatic heterocycles. The van der Waals surface area contributed by atoms with Crippen LogP contribution in [0, 0.1) is 0 Å². The molecule has 2 amide bonds. The van der Waals surface area contributed by atoms with Crippen LogP contribution in [0.3, 0.4) is 0 Å². The largest absolute Gasteiger partial charge is 0.455 e. The van der Waals surface area contributed by atoms with Crippen LogP contribution in [0.2, 0.25) is 0 Å². The van der Waals surface area contributed by atoms with Crippen molar-refractivity contribution in [1.82, 2.24) is 10.2 Å². The van der Waals surface area contributed by atoms with Gasteiger partial charge in [-0.05, 0) is 45.4 Å². The first-order valence-corrected chi connectivity index (χ1v) is 10.2. The van der Waals surface area contributed by atoms with Gasteiger partial charge in [-0.15, -0.1) is 0 Å². The fourth-order valence-corrected chi connectivity index (χ4v) is 3.38. The molecule has 0 saturated heterocycles. The van der Waals surface area contributed by atoms with Gasteiger partial charge in [-0.1, -0.05) is 48.5 Å². The van der Waals surface area contributed by atoms with Crippen LogP contribution < -0.4 is 5.32 Å². The number of carbonyl (C=O) groups is 3. The van der Waals surface area contributed by atoms with Crippen molar-refractivity contribution in [2.45, 2.75) is 52.2 Å². The highest BCUT2D eigenvalue weighted by molar-refractivity contribution is 5.94. The molecule has 1 N–H and O–H groups in total. The fraction of sp³-hybridized carbons (Fsp3) is 0.375. The topological polar surface area (TPSA) is 75.7 Å². The molecule has 0 bridgehead atoms. The minimum atomic E-state index is -0.562. The molecule has 0 radical (unpaired) electrons. The van der Waals surface area contributed by atoms with E-state index in [2.05, 4.69) is 5.32 Å².